The van der Waals surface area contributed by atoms with Gasteiger partial charge in [-0.25, -0.2) is 0 Å². The highest BCUT2D eigenvalue weighted by Gasteiger charge is 2.07. The second kappa shape index (κ2) is 8.33. The molecule has 0 aliphatic rings. The van der Waals surface area contributed by atoms with Crippen LogP contribution in [0.5, 0.6) is 0 Å². The molecule has 1 aromatic rings. The van der Waals surface area contributed by atoms with E-state index in [1.165, 1.54) is 6.20 Å². The van der Waals surface area contributed by atoms with E-state index >= 15 is 0 Å². The van der Waals surface area contributed by atoms with Crippen molar-refractivity contribution < 1.29 is 4.79 Å². The van der Waals surface area contributed by atoms with Crippen LogP contribution in [0.15, 0.2) is 40.5 Å². The molecule has 1 amide bonds. The number of benzene rings is 1. The summed E-state index contributed by atoms with van der Waals surface area (Å²) in [6.45, 7) is 2.63. The lowest BCUT2D eigenvalue weighted by Gasteiger charge is -2.04. The van der Waals surface area contributed by atoms with Gasteiger partial charge in [0.1, 0.15) is 11.6 Å². The van der Waals surface area contributed by atoms with Gasteiger partial charge in [0.25, 0.3) is 5.91 Å². The van der Waals surface area contributed by atoms with Crippen LogP contribution < -0.4 is 10.6 Å². The van der Waals surface area contributed by atoms with E-state index in [0.717, 1.165) is 23.0 Å². The average Bonchev–Trinajstić information content (AvgIpc) is 2.42. The summed E-state index contributed by atoms with van der Waals surface area (Å²) in [6.07, 6.45) is 3.33. The first-order chi connectivity index (χ1) is 9.17. The van der Waals surface area contributed by atoms with Crippen molar-refractivity contribution in [2.24, 2.45) is 0 Å². The monoisotopic (exact) mass is 321 g/mol. The fourth-order valence-electron chi connectivity index (χ4n) is 1.32. The molecule has 0 atom stereocenters. The highest BCUT2D eigenvalue weighted by molar-refractivity contribution is 9.10. The van der Waals surface area contributed by atoms with Crippen molar-refractivity contribution in [3.05, 3.63) is 40.5 Å². The van der Waals surface area contributed by atoms with Crippen LogP contribution in [0.4, 0.5) is 5.69 Å². The summed E-state index contributed by atoms with van der Waals surface area (Å²) in [5.41, 5.74) is 0.885. The van der Waals surface area contributed by atoms with Crippen LogP contribution in [0.1, 0.15) is 19.8 Å². The van der Waals surface area contributed by atoms with Crippen molar-refractivity contribution in [1.29, 1.82) is 5.26 Å². The second-order valence-corrected chi connectivity index (χ2v) is 4.85. The number of carbonyl (C=O) groups excluding carboxylic acids is 1. The van der Waals surface area contributed by atoms with Gasteiger partial charge in [-0.3, -0.25) is 4.79 Å². The van der Waals surface area contributed by atoms with Gasteiger partial charge < -0.3 is 10.6 Å². The Bertz CT molecular complexity index is 488. The maximum atomic E-state index is 11.7. The number of carbonyl (C=O) groups is 1. The molecule has 1 rings (SSSR count). The number of nitriles is 1. The second-order valence-electron chi connectivity index (χ2n) is 3.93. The molecule has 0 radical (unpaired) electrons. The third-order valence-electron chi connectivity index (χ3n) is 2.41. The molecule has 0 aromatic heterocycles. The van der Waals surface area contributed by atoms with Gasteiger partial charge in [-0.2, -0.15) is 5.26 Å². The van der Waals surface area contributed by atoms with E-state index in [4.69, 9.17) is 5.26 Å². The molecule has 100 valence electrons. The lowest BCUT2D eigenvalue weighted by atomic mass is 10.2. The first kappa shape index (κ1) is 15.3. The Balaban J connectivity index is 2.59. The lowest BCUT2D eigenvalue weighted by Crippen LogP contribution is -2.25. The molecular weight excluding hydrogens is 306 g/mol. The van der Waals surface area contributed by atoms with Gasteiger partial charge in [0.2, 0.25) is 0 Å². The quantitative estimate of drug-likeness (QED) is 0.480. The van der Waals surface area contributed by atoms with Crippen molar-refractivity contribution in [3.8, 4) is 6.07 Å². The van der Waals surface area contributed by atoms with E-state index in [1.807, 2.05) is 37.3 Å². The van der Waals surface area contributed by atoms with Gasteiger partial charge >= 0.3 is 0 Å². The van der Waals surface area contributed by atoms with Crippen LogP contribution in [0.2, 0.25) is 0 Å². The summed E-state index contributed by atoms with van der Waals surface area (Å²) in [5.74, 6) is -0.347. The van der Waals surface area contributed by atoms with E-state index in [2.05, 4.69) is 26.6 Å². The van der Waals surface area contributed by atoms with Gasteiger partial charge in [-0.05, 0) is 30.7 Å². The number of nitrogens with zero attached hydrogens (tertiary/aromatic N) is 1. The van der Waals surface area contributed by atoms with Crippen LogP contribution in [0.25, 0.3) is 0 Å². The summed E-state index contributed by atoms with van der Waals surface area (Å²) in [7, 11) is 0. The highest BCUT2D eigenvalue weighted by atomic mass is 79.9. The fourth-order valence-corrected chi connectivity index (χ4v) is 1.59. The third-order valence-corrected chi connectivity index (χ3v) is 2.94. The number of hydrogen-bond acceptors (Lipinski definition) is 3. The lowest BCUT2D eigenvalue weighted by molar-refractivity contribution is -0.117. The summed E-state index contributed by atoms with van der Waals surface area (Å²) in [4.78, 5) is 11.7. The highest BCUT2D eigenvalue weighted by Crippen LogP contribution is 2.14. The summed E-state index contributed by atoms with van der Waals surface area (Å²) >= 11 is 3.34. The minimum atomic E-state index is -0.347. The molecule has 0 saturated heterocycles. The SMILES string of the molecule is CCCCNC(=O)/C(C#N)=C\Nc1ccc(Br)cc1. The molecule has 4 nitrogen and oxygen atoms in total. The number of hydrogen-bond donors (Lipinski definition) is 2. The zero-order valence-corrected chi connectivity index (χ0v) is 12.3. The number of rotatable bonds is 6. The Morgan fingerprint density at radius 2 is 2.11 bits per heavy atom. The summed E-state index contributed by atoms with van der Waals surface area (Å²) in [5, 5.41) is 14.6. The normalized spacial score (nSPS) is 10.7. The van der Waals surface area contributed by atoms with E-state index in [0.29, 0.717) is 6.54 Å². The van der Waals surface area contributed by atoms with Gasteiger partial charge in [0.05, 0.1) is 0 Å². The first-order valence-corrected chi connectivity index (χ1v) is 6.87. The topological polar surface area (TPSA) is 64.9 Å². The smallest absolute Gasteiger partial charge is 0.263 e. The van der Waals surface area contributed by atoms with E-state index in [-0.39, 0.29) is 11.5 Å². The standard InChI is InChI=1S/C14H16BrN3O/c1-2-3-8-17-14(19)11(9-16)10-18-13-6-4-12(15)5-7-13/h4-7,10,18H,2-3,8H2,1H3,(H,17,19)/b11-10-. The Morgan fingerprint density at radius 1 is 1.42 bits per heavy atom. The van der Waals surface area contributed by atoms with E-state index in [9.17, 15) is 4.79 Å². The Labute approximate surface area is 121 Å². The molecule has 2 N–H and O–H groups in total. The zero-order chi connectivity index (χ0) is 14.1. The maximum Gasteiger partial charge on any atom is 0.263 e. The van der Waals surface area contributed by atoms with Crippen molar-refractivity contribution in [2.45, 2.75) is 19.8 Å². The van der Waals surface area contributed by atoms with Crippen molar-refractivity contribution in [3.63, 3.8) is 0 Å². The van der Waals surface area contributed by atoms with Crippen molar-refractivity contribution in [2.75, 3.05) is 11.9 Å². The number of halogens is 1. The van der Waals surface area contributed by atoms with Gasteiger partial charge in [-0.15, -0.1) is 0 Å². The van der Waals surface area contributed by atoms with Crippen LogP contribution in [0, 0.1) is 11.3 Å². The number of amides is 1. The number of nitrogens with one attached hydrogen (secondary N) is 2. The van der Waals surface area contributed by atoms with Crippen molar-refractivity contribution >= 4 is 27.5 Å². The molecule has 0 spiro atoms. The van der Waals surface area contributed by atoms with Gasteiger partial charge in [0, 0.05) is 22.9 Å². The molecule has 0 unspecified atom stereocenters. The molecule has 0 fully saturated rings. The van der Waals surface area contributed by atoms with Crippen LogP contribution in [-0.4, -0.2) is 12.5 Å². The minimum Gasteiger partial charge on any atom is -0.360 e. The molecule has 0 aliphatic carbocycles. The summed E-state index contributed by atoms with van der Waals surface area (Å²) in [6, 6.07) is 9.35. The average molecular weight is 322 g/mol. The minimum absolute atomic E-state index is 0.0685. The molecule has 0 heterocycles. The first-order valence-electron chi connectivity index (χ1n) is 6.08. The van der Waals surface area contributed by atoms with Crippen LogP contribution >= 0.6 is 15.9 Å². The molecule has 0 aliphatic heterocycles. The predicted octanol–water partition coefficient (Wildman–Crippen LogP) is 3.18. The molecule has 0 saturated carbocycles. The largest absolute Gasteiger partial charge is 0.360 e. The Kier molecular flexibility index (Phi) is 6.69. The van der Waals surface area contributed by atoms with Crippen LogP contribution in [-0.2, 0) is 4.79 Å². The van der Waals surface area contributed by atoms with Gasteiger partial charge in [-0.1, -0.05) is 29.3 Å². The molecule has 19 heavy (non-hydrogen) atoms. The fraction of sp³-hybridized carbons (Fsp3) is 0.286. The number of unbranched alkanes of at least 4 members (excludes halogenated alkanes) is 1. The predicted molar refractivity (Wildman–Crippen MR) is 79.4 cm³/mol. The van der Waals surface area contributed by atoms with Crippen LogP contribution in [0.3, 0.4) is 0 Å². The Morgan fingerprint density at radius 3 is 2.68 bits per heavy atom. The molecular formula is C14H16BrN3O. The van der Waals surface area contributed by atoms with Crippen molar-refractivity contribution in [1.82, 2.24) is 5.32 Å². The zero-order valence-electron chi connectivity index (χ0n) is 10.7. The molecule has 5 heteroatoms. The molecule has 0 bridgehead atoms. The summed E-state index contributed by atoms with van der Waals surface area (Å²) < 4.78 is 0.972. The van der Waals surface area contributed by atoms with Gasteiger partial charge in [0.15, 0.2) is 0 Å². The van der Waals surface area contributed by atoms with E-state index in [1.54, 1.807) is 0 Å². The third kappa shape index (κ3) is 5.58. The maximum absolute atomic E-state index is 11.7. The van der Waals surface area contributed by atoms with E-state index < -0.39 is 0 Å². The molecule has 1 aromatic carbocycles. The number of anilines is 1. The Hall–Kier alpha value is -1.80.